The molecule has 0 spiro atoms. The van der Waals surface area contributed by atoms with Gasteiger partial charge in [-0.15, -0.1) is 0 Å². The maximum atomic E-state index is 8.96. The molecule has 8 heteroatoms. The second-order valence-electron chi connectivity index (χ2n) is 6.38. The third kappa shape index (κ3) is 2.38. The van der Waals surface area contributed by atoms with Crippen molar-refractivity contribution in [3.8, 4) is 6.07 Å². The highest BCUT2D eigenvalue weighted by atomic mass is 15.4. The molecular formula is C16H18N8. The lowest BCUT2D eigenvalue weighted by Gasteiger charge is -2.20. The zero-order valence-corrected chi connectivity index (χ0v) is 13.7. The highest BCUT2D eigenvalue weighted by Crippen LogP contribution is 2.28. The van der Waals surface area contributed by atoms with Crippen LogP contribution in [0, 0.1) is 11.3 Å². The van der Waals surface area contributed by atoms with Gasteiger partial charge in [0.15, 0.2) is 0 Å². The molecular weight excluding hydrogens is 304 g/mol. The molecule has 24 heavy (non-hydrogen) atoms. The van der Waals surface area contributed by atoms with Crippen molar-refractivity contribution < 1.29 is 0 Å². The van der Waals surface area contributed by atoms with Crippen molar-refractivity contribution in [2.24, 2.45) is 0 Å². The molecule has 1 aliphatic heterocycles. The van der Waals surface area contributed by atoms with Crippen LogP contribution in [0.1, 0.15) is 43.5 Å². The number of fused-ring (bicyclic) bond motifs is 1. The number of rotatable bonds is 3. The zero-order valence-electron chi connectivity index (χ0n) is 13.7. The molecule has 1 aliphatic rings. The van der Waals surface area contributed by atoms with Crippen LogP contribution in [-0.4, -0.2) is 42.5 Å². The molecule has 0 bridgehead atoms. The fourth-order valence-corrected chi connectivity index (χ4v) is 3.10. The lowest BCUT2D eigenvalue weighted by molar-refractivity contribution is 0.494. The minimum atomic E-state index is 0.251. The van der Waals surface area contributed by atoms with E-state index in [1.54, 1.807) is 10.7 Å². The van der Waals surface area contributed by atoms with Crippen LogP contribution < -0.4 is 4.90 Å². The predicted molar refractivity (Wildman–Crippen MR) is 87.7 cm³/mol. The van der Waals surface area contributed by atoms with E-state index in [4.69, 9.17) is 5.26 Å². The average molecular weight is 322 g/mol. The van der Waals surface area contributed by atoms with Crippen molar-refractivity contribution in [1.29, 1.82) is 5.26 Å². The van der Waals surface area contributed by atoms with Crippen molar-refractivity contribution in [2.45, 2.75) is 32.2 Å². The third-order valence-electron chi connectivity index (χ3n) is 4.44. The van der Waals surface area contributed by atoms with Crippen molar-refractivity contribution >= 4 is 11.6 Å². The summed E-state index contributed by atoms with van der Waals surface area (Å²) in [7, 11) is 0. The van der Waals surface area contributed by atoms with Crippen molar-refractivity contribution in [2.75, 3.05) is 18.0 Å². The van der Waals surface area contributed by atoms with Crippen LogP contribution in [0.25, 0.3) is 5.78 Å². The van der Waals surface area contributed by atoms with E-state index in [2.05, 4.69) is 51.0 Å². The fourth-order valence-electron chi connectivity index (χ4n) is 3.10. The van der Waals surface area contributed by atoms with Crippen LogP contribution >= 0.6 is 0 Å². The molecule has 1 atom stereocenters. The van der Waals surface area contributed by atoms with Gasteiger partial charge in [-0.2, -0.15) is 25.0 Å². The molecule has 0 aromatic carbocycles. The van der Waals surface area contributed by atoms with E-state index in [0.717, 1.165) is 31.0 Å². The summed E-state index contributed by atoms with van der Waals surface area (Å²) in [4.78, 5) is 11.1. The van der Waals surface area contributed by atoms with Crippen LogP contribution in [0.3, 0.4) is 0 Å². The number of aromatic nitrogens is 6. The molecule has 0 saturated carbocycles. The highest BCUT2D eigenvalue weighted by Gasteiger charge is 2.27. The maximum Gasteiger partial charge on any atom is 0.254 e. The zero-order chi connectivity index (χ0) is 16.7. The quantitative estimate of drug-likeness (QED) is 0.730. The maximum absolute atomic E-state index is 8.96. The van der Waals surface area contributed by atoms with Gasteiger partial charge in [0.05, 0.1) is 23.5 Å². The summed E-state index contributed by atoms with van der Waals surface area (Å²) in [5.41, 5.74) is 1.61. The summed E-state index contributed by atoms with van der Waals surface area (Å²) in [6.45, 7) is 5.98. The normalized spacial score (nSPS) is 17.8. The Morgan fingerprint density at radius 3 is 2.96 bits per heavy atom. The van der Waals surface area contributed by atoms with Gasteiger partial charge >= 0.3 is 0 Å². The second-order valence-corrected chi connectivity index (χ2v) is 6.38. The minimum Gasteiger partial charge on any atom is -0.354 e. The van der Waals surface area contributed by atoms with E-state index < -0.39 is 0 Å². The van der Waals surface area contributed by atoms with Gasteiger partial charge in [0.2, 0.25) is 0 Å². The lowest BCUT2D eigenvalue weighted by Crippen LogP contribution is -2.24. The van der Waals surface area contributed by atoms with Crippen LogP contribution in [0.2, 0.25) is 0 Å². The standard InChI is InChI=1S/C16H18N8/c1-11(2)14-5-15(24-16(21-14)18-10-20-24)22-4-3-13(9-22)23-8-12(6-17)7-19-23/h5,7-8,10-11,13H,3-4,9H2,1-2H3. The first-order chi connectivity index (χ1) is 11.7. The van der Waals surface area contributed by atoms with Gasteiger partial charge < -0.3 is 4.90 Å². The SMILES string of the molecule is CC(C)c1cc(N2CCC(n3cc(C#N)cn3)C2)n2ncnc2n1. The molecule has 0 amide bonds. The van der Waals surface area contributed by atoms with Crippen molar-refractivity contribution in [3.63, 3.8) is 0 Å². The molecule has 0 radical (unpaired) electrons. The van der Waals surface area contributed by atoms with E-state index >= 15 is 0 Å². The van der Waals surface area contributed by atoms with E-state index in [0.29, 0.717) is 17.3 Å². The summed E-state index contributed by atoms with van der Waals surface area (Å²) in [6.07, 6.45) is 5.94. The van der Waals surface area contributed by atoms with Gasteiger partial charge in [0, 0.05) is 25.4 Å². The van der Waals surface area contributed by atoms with E-state index in [1.165, 1.54) is 6.33 Å². The number of nitrogens with zero attached hydrogens (tertiary/aromatic N) is 8. The number of nitriles is 1. The van der Waals surface area contributed by atoms with Gasteiger partial charge in [-0.25, -0.2) is 4.98 Å². The molecule has 3 aromatic rings. The Labute approximate surface area is 139 Å². The first-order valence-corrected chi connectivity index (χ1v) is 8.05. The monoisotopic (exact) mass is 322 g/mol. The van der Waals surface area contributed by atoms with Crippen molar-refractivity contribution in [1.82, 2.24) is 29.4 Å². The van der Waals surface area contributed by atoms with Crippen LogP contribution in [-0.2, 0) is 0 Å². The number of hydrogen-bond acceptors (Lipinski definition) is 6. The van der Waals surface area contributed by atoms with E-state index in [-0.39, 0.29) is 6.04 Å². The minimum absolute atomic E-state index is 0.251. The predicted octanol–water partition coefficient (Wildman–Crippen LogP) is 1.77. The molecule has 1 saturated heterocycles. The van der Waals surface area contributed by atoms with Crippen LogP contribution in [0.4, 0.5) is 5.82 Å². The summed E-state index contributed by atoms with van der Waals surface area (Å²) < 4.78 is 3.68. The molecule has 8 nitrogen and oxygen atoms in total. The number of anilines is 1. The van der Waals surface area contributed by atoms with Gasteiger partial charge in [0.25, 0.3) is 5.78 Å². The van der Waals surface area contributed by atoms with Crippen LogP contribution in [0.5, 0.6) is 0 Å². The first kappa shape index (κ1) is 14.6. The molecule has 4 rings (SSSR count). The molecule has 1 unspecified atom stereocenters. The van der Waals surface area contributed by atoms with E-state index in [1.807, 2.05) is 10.9 Å². The molecule has 122 valence electrons. The first-order valence-electron chi connectivity index (χ1n) is 8.05. The Hall–Kier alpha value is -2.95. The topological polar surface area (TPSA) is 87.9 Å². The highest BCUT2D eigenvalue weighted by molar-refractivity contribution is 5.48. The molecule has 3 aromatic heterocycles. The Balaban J connectivity index is 1.66. The van der Waals surface area contributed by atoms with Crippen molar-refractivity contribution in [3.05, 3.63) is 36.0 Å². The van der Waals surface area contributed by atoms with Gasteiger partial charge in [-0.3, -0.25) is 4.68 Å². The summed E-state index contributed by atoms with van der Waals surface area (Å²) in [6, 6.07) is 4.47. The Morgan fingerprint density at radius 2 is 2.21 bits per heavy atom. The summed E-state index contributed by atoms with van der Waals surface area (Å²) in [5.74, 6) is 1.97. The Bertz CT molecular complexity index is 916. The fraction of sp³-hybridized carbons (Fsp3) is 0.438. The Morgan fingerprint density at radius 1 is 1.33 bits per heavy atom. The average Bonchev–Trinajstić information content (AvgIpc) is 3.31. The molecule has 1 fully saturated rings. The largest absolute Gasteiger partial charge is 0.354 e. The molecule has 4 heterocycles. The molecule has 0 N–H and O–H groups in total. The van der Waals surface area contributed by atoms with Gasteiger partial charge in [-0.1, -0.05) is 13.8 Å². The summed E-state index contributed by atoms with van der Waals surface area (Å²) >= 11 is 0. The van der Waals surface area contributed by atoms with Gasteiger partial charge in [0.1, 0.15) is 18.2 Å². The number of hydrogen-bond donors (Lipinski definition) is 0. The van der Waals surface area contributed by atoms with Gasteiger partial charge in [-0.05, 0) is 12.3 Å². The summed E-state index contributed by atoms with van der Waals surface area (Å²) in [5, 5.41) is 17.6. The molecule has 0 aliphatic carbocycles. The Kier molecular flexibility index (Phi) is 3.41. The third-order valence-corrected chi connectivity index (χ3v) is 4.44. The second kappa shape index (κ2) is 5.60. The lowest BCUT2D eigenvalue weighted by atomic mass is 10.1. The smallest absolute Gasteiger partial charge is 0.254 e. The van der Waals surface area contributed by atoms with Crippen LogP contribution in [0.15, 0.2) is 24.8 Å². The van der Waals surface area contributed by atoms with E-state index in [9.17, 15) is 0 Å².